The fourth-order valence-electron chi connectivity index (χ4n) is 1.33. The number of carbonyl (C=O) groups is 1. The number of benzene rings is 1. The van der Waals surface area contributed by atoms with E-state index in [-0.39, 0.29) is 5.78 Å². The van der Waals surface area contributed by atoms with Gasteiger partial charge in [-0.2, -0.15) is 0 Å². The highest BCUT2D eigenvalue weighted by Gasteiger charge is 2.14. The molecule has 0 saturated carbocycles. The molecule has 2 rings (SSSR count). The van der Waals surface area contributed by atoms with Crippen LogP contribution in [0.2, 0.25) is 4.34 Å². The largest absolute Gasteiger partial charge is 0.288 e. The van der Waals surface area contributed by atoms with Gasteiger partial charge in [0.1, 0.15) is 4.34 Å². The Balaban J connectivity index is 2.40. The molecule has 1 aromatic carbocycles. The van der Waals surface area contributed by atoms with Crippen LogP contribution in [0.3, 0.4) is 0 Å². The molecule has 0 radical (unpaired) electrons. The zero-order chi connectivity index (χ0) is 12.6. The van der Waals surface area contributed by atoms with Crippen LogP contribution in [0.4, 0.5) is 0 Å². The first-order chi connectivity index (χ1) is 7.99. The lowest BCUT2D eigenvalue weighted by Gasteiger charge is -2.01. The SMILES string of the molecule is Cc1ccc(C(=O)c2cc(Br)c(Cl)s2)cc1Br. The molecule has 0 aliphatic rings. The Kier molecular flexibility index (Phi) is 4.08. The van der Waals surface area contributed by atoms with Crippen molar-refractivity contribution in [3.63, 3.8) is 0 Å². The van der Waals surface area contributed by atoms with Crippen LogP contribution in [0.5, 0.6) is 0 Å². The topological polar surface area (TPSA) is 17.1 Å². The molecule has 0 unspecified atom stereocenters. The standard InChI is InChI=1S/C12H7Br2ClOS/c1-6-2-3-7(4-8(6)13)11(16)10-5-9(14)12(15)17-10/h2-5H,1H3. The second kappa shape index (κ2) is 5.22. The van der Waals surface area contributed by atoms with E-state index in [9.17, 15) is 4.79 Å². The van der Waals surface area contributed by atoms with Crippen LogP contribution in [0.25, 0.3) is 0 Å². The molecule has 88 valence electrons. The summed E-state index contributed by atoms with van der Waals surface area (Å²) in [5.74, 6) is -0.0108. The van der Waals surface area contributed by atoms with E-state index in [0.717, 1.165) is 14.5 Å². The lowest BCUT2D eigenvalue weighted by atomic mass is 10.1. The van der Waals surface area contributed by atoms with Crippen LogP contribution in [-0.2, 0) is 0 Å². The molecule has 1 heterocycles. The monoisotopic (exact) mass is 392 g/mol. The van der Waals surface area contributed by atoms with E-state index in [4.69, 9.17) is 11.6 Å². The van der Waals surface area contributed by atoms with Gasteiger partial charge in [-0.05, 0) is 40.5 Å². The van der Waals surface area contributed by atoms with Crippen LogP contribution in [0.15, 0.2) is 33.2 Å². The number of halogens is 3. The van der Waals surface area contributed by atoms with Crippen LogP contribution in [-0.4, -0.2) is 5.78 Å². The molecule has 0 aliphatic heterocycles. The van der Waals surface area contributed by atoms with E-state index in [1.54, 1.807) is 6.07 Å². The van der Waals surface area contributed by atoms with E-state index < -0.39 is 0 Å². The molecule has 5 heteroatoms. The van der Waals surface area contributed by atoms with Gasteiger partial charge in [-0.25, -0.2) is 0 Å². The molecule has 0 atom stereocenters. The predicted octanol–water partition coefficient (Wildman–Crippen LogP) is 5.47. The van der Waals surface area contributed by atoms with E-state index >= 15 is 0 Å². The molecule has 0 amide bonds. The van der Waals surface area contributed by atoms with Crippen LogP contribution >= 0.6 is 54.8 Å². The van der Waals surface area contributed by atoms with Gasteiger partial charge < -0.3 is 0 Å². The average molecular weight is 395 g/mol. The molecule has 17 heavy (non-hydrogen) atoms. The van der Waals surface area contributed by atoms with Gasteiger partial charge in [-0.1, -0.05) is 39.7 Å². The normalized spacial score (nSPS) is 10.6. The second-order valence-corrected chi connectivity index (χ2v) is 6.89. The maximum Gasteiger partial charge on any atom is 0.203 e. The van der Waals surface area contributed by atoms with E-state index in [2.05, 4.69) is 31.9 Å². The summed E-state index contributed by atoms with van der Waals surface area (Å²) in [7, 11) is 0. The zero-order valence-electron chi connectivity index (χ0n) is 8.76. The van der Waals surface area contributed by atoms with Crippen LogP contribution in [0.1, 0.15) is 20.8 Å². The lowest BCUT2D eigenvalue weighted by Crippen LogP contribution is -1.98. The molecule has 0 bridgehead atoms. The Morgan fingerprint density at radius 2 is 1.94 bits per heavy atom. The number of rotatable bonds is 2. The summed E-state index contributed by atoms with van der Waals surface area (Å²) < 4.78 is 2.29. The first-order valence-electron chi connectivity index (χ1n) is 4.74. The van der Waals surface area contributed by atoms with Crippen molar-refractivity contribution in [1.29, 1.82) is 0 Å². The maximum atomic E-state index is 12.2. The Hall–Kier alpha value is -0.160. The minimum atomic E-state index is -0.0108. The molecular formula is C12H7Br2ClOS. The fourth-order valence-corrected chi connectivity index (χ4v) is 3.38. The molecular weight excluding hydrogens is 387 g/mol. The summed E-state index contributed by atoms with van der Waals surface area (Å²) in [4.78, 5) is 12.8. The minimum Gasteiger partial charge on any atom is -0.288 e. The number of ketones is 1. The number of aryl methyl sites for hydroxylation is 1. The van der Waals surface area contributed by atoms with Crippen molar-refractivity contribution in [1.82, 2.24) is 0 Å². The number of hydrogen-bond donors (Lipinski definition) is 0. The van der Waals surface area contributed by atoms with Crippen molar-refractivity contribution < 1.29 is 4.79 Å². The number of carbonyl (C=O) groups excluding carboxylic acids is 1. The van der Waals surface area contributed by atoms with Gasteiger partial charge in [-0.15, -0.1) is 11.3 Å². The molecule has 0 N–H and O–H groups in total. The Morgan fingerprint density at radius 1 is 1.24 bits per heavy atom. The molecule has 0 spiro atoms. The third-order valence-electron chi connectivity index (χ3n) is 2.30. The van der Waals surface area contributed by atoms with E-state index in [0.29, 0.717) is 14.8 Å². The van der Waals surface area contributed by atoms with Gasteiger partial charge in [0.25, 0.3) is 0 Å². The summed E-state index contributed by atoms with van der Waals surface area (Å²) in [6.45, 7) is 1.98. The molecule has 1 aromatic heterocycles. The molecule has 0 aliphatic carbocycles. The van der Waals surface area contributed by atoms with Gasteiger partial charge in [0, 0.05) is 14.5 Å². The number of hydrogen-bond acceptors (Lipinski definition) is 2. The quantitative estimate of drug-likeness (QED) is 0.618. The van der Waals surface area contributed by atoms with Crippen molar-refractivity contribution in [3.05, 3.63) is 53.6 Å². The number of thiophene rings is 1. The summed E-state index contributed by atoms with van der Waals surface area (Å²) in [5, 5.41) is 0. The summed E-state index contributed by atoms with van der Waals surface area (Å²) in [6.07, 6.45) is 0. The van der Waals surface area contributed by atoms with Gasteiger partial charge in [0.2, 0.25) is 5.78 Å². The third kappa shape index (κ3) is 2.81. The molecule has 1 nitrogen and oxygen atoms in total. The molecule has 0 fully saturated rings. The highest BCUT2D eigenvalue weighted by Crippen LogP contribution is 2.33. The minimum absolute atomic E-state index is 0.0108. The van der Waals surface area contributed by atoms with Gasteiger partial charge in [-0.3, -0.25) is 4.79 Å². The third-order valence-corrected chi connectivity index (χ3v) is 5.63. The van der Waals surface area contributed by atoms with Gasteiger partial charge in [0.15, 0.2) is 0 Å². The summed E-state index contributed by atoms with van der Waals surface area (Å²) in [6, 6.07) is 7.33. The van der Waals surface area contributed by atoms with Crippen molar-refractivity contribution in [2.24, 2.45) is 0 Å². The smallest absolute Gasteiger partial charge is 0.203 e. The summed E-state index contributed by atoms with van der Waals surface area (Å²) in [5.41, 5.74) is 1.76. The van der Waals surface area contributed by atoms with Gasteiger partial charge >= 0.3 is 0 Å². The van der Waals surface area contributed by atoms with Crippen molar-refractivity contribution >= 4 is 60.6 Å². The zero-order valence-corrected chi connectivity index (χ0v) is 13.5. The summed E-state index contributed by atoms with van der Waals surface area (Å²) >= 11 is 13.9. The molecule has 2 aromatic rings. The van der Waals surface area contributed by atoms with Gasteiger partial charge in [0.05, 0.1) is 4.88 Å². The van der Waals surface area contributed by atoms with Crippen LogP contribution < -0.4 is 0 Å². The van der Waals surface area contributed by atoms with Crippen molar-refractivity contribution in [2.45, 2.75) is 6.92 Å². The van der Waals surface area contributed by atoms with Crippen LogP contribution in [0, 0.1) is 6.92 Å². The fraction of sp³-hybridized carbons (Fsp3) is 0.0833. The highest BCUT2D eigenvalue weighted by molar-refractivity contribution is 9.10. The Bertz CT molecular complexity index is 573. The second-order valence-electron chi connectivity index (χ2n) is 3.53. The molecule has 0 saturated heterocycles. The first kappa shape index (κ1) is 13.3. The Labute approximate surface area is 125 Å². The van der Waals surface area contributed by atoms with Crippen molar-refractivity contribution in [2.75, 3.05) is 0 Å². The predicted molar refractivity (Wildman–Crippen MR) is 79.3 cm³/mol. The van der Waals surface area contributed by atoms with Crippen molar-refractivity contribution in [3.8, 4) is 0 Å². The highest BCUT2D eigenvalue weighted by atomic mass is 79.9. The first-order valence-corrected chi connectivity index (χ1v) is 7.53. The van der Waals surface area contributed by atoms with E-state index in [1.807, 2.05) is 25.1 Å². The average Bonchev–Trinajstić information content (AvgIpc) is 2.62. The Morgan fingerprint density at radius 3 is 2.47 bits per heavy atom. The lowest BCUT2D eigenvalue weighted by molar-refractivity contribution is 0.104. The maximum absolute atomic E-state index is 12.2. The van der Waals surface area contributed by atoms with E-state index in [1.165, 1.54) is 11.3 Å².